The van der Waals surface area contributed by atoms with Crippen LogP contribution in [0.3, 0.4) is 0 Å². The predicted octanol–water partition coefficient (Wildman–Crippen LogP) is 2.98. The molecule has 0 atom stereocenters. The number of likely N-dealkylation sites (tertiary alicyclic amines) is 1. The van der Waals surface area contributed by atoms with E-state index in [2.05, 4.69) is 20.6 Å². The lowest BCUT2D eigenvalue weighted by Crippen LogP contribution is -2.39. The van der Waals surface area contributed by atoms with Crippen LogP contribution in [0.15, 0.2) is 61.2 Å². The van der Waals surface area contributed by atoms with Crippen LogP contribution in [0.25, 0.3) is 0 Å². The second kappa shape index (κ2) is 8.25. The van der Waals surface area contributed by atoms with Gasteiger partial charge in [0.2, 0.25) is 5.91 Å². The van der Waals surface area contributed by atoms with Gasteiger partial charge in [0.1, 0.15) is 11.6 Å². The van der Waals surface area contributed by atoms with Crippen molar-refractivity contribution in [3.05, 3.63) is 78.1 Å². The first-order valence-electron chi connectivity index (χ1n) is 9.64. The Morgan fingerprint density at radius 1 is 1.07 bits per heavy atom. The Morgan fingerprint density at radius 2 is 1.86 bits per heavy atom. The van der Waals surface area contributed by atoms with Gasteiger partial charge in [0.25, 0.3) is 0 Å². The highest BCUT2D eigenvalue weighted by Crippen LogP contribution is 2.27. The summed E-state index contributed by atoms with van der Waals surface area (Å²) in [7, 11) is 0. The molecule has 144 valence electrons. The van der Waals surface area contributed by atoms with Crippen LogP contribution < -0.4 is 0 Å². The van der Waals surface area contributed by atoms with Gasteiger partial charge in [0, 0.05) is 43.8 Å². The smallest absolute Gasteiger partial charge is 0.226 e. The normalized spacial score (nSPS) is 14.9. The molecule has 6 heteroatoms. The summed E-state index contributed by atoms with van der Waals surface area (Å²) in [5.74, 6) is 1.82. The van der Waals surface area contributed by atoms with Crippen molar-refractivity contribution >= 4 is 5.91 Å². The summed E-state index contributed by atoms with van der Waals surface area (Å²) in [6, 6.07) is 10.9. The van der Waals surface area contributed by atoms with Gasteiger partial charge in [-0.25, -0.2) is 4.98 Å². The Bertz CT molecular complexity index is 913. The molecule has 1 fully saturated rings. The zero-order valence-electron chi connectivity index (χ0n) is 15.7. The monoisotopic (exact) mass is 376 g/mol. The summed E-state index contributed by atoms with van der Waals surface area (Å²) in [5, 5.41) is 9.37. The molecule has 1 aromatic carbocycles. The van der Waals surface area contributed by atoms with Crippen LogP contribution in [0.4, 0.5) is 0 Å². The molecule has 0 aliphatic carbocycles. The summed E-state index contributed by atoms with van der Waals surface area (Å²) in [5.41, 5.74) is 2.08. The Hall–Kier alpha value is -3.15. The molecule has 1 aliphatic rings. The number of pyridine rings is 1. The number of amides is 1. The van der Waals surface area contributed by atoms with E-state index >= 15 is 0 Å². The number of phenolic OH excluding ortho intramolecular Hbond substituents is 1. The minimum atomic E-state index is 0.142. The number of carbonyl (C=O) groups is 1. The quantitative estimate of drug-likeness (QED) is 0.743. The number of hydrogen-bond acceptors (Lipinski definition) is 4. The van der Waals surface area contributed by atoms with Gasteiger partial charge in [-0.3, -0.25) is 9.78 Å². The Balaban J connectivity index is 1.35. The Kier molecular flexibility index (Phi) is 5.37. The number of nitrogens with zero attached hydrogens (tertiary/aromatic N) is 4. The summed E-state index contributed by atoms with van der Waals surface area (Å²) >= 11 is 0. The lowest BCUT2D eigenvalue weighted by Gasteiger charge is -2.32. The van der Waals surface area contributed by atoms with Crippen LogP contribution in [0, 0.1) is 0 Å². The van der Waals surface area contributed by atoms with Gasteiger partial charge in [0.15, 0.2) is 0 Å². The molecule has 6 nitrogen and oxygen atoms in total. The summed E-state index contributed by atoms with van der Waals surface area (Å²) in [6.07, 6.45) is 9.76. The summed E-state index contributed by atoms with van der Waals surface area (Å²) in [6.45, 7) is 2.27. The summed E-state index contributed by atoms with van der Waals surface area (Å²) in [4.78, 5) is 23.3. The molecule has 1 saturated heterocycles. The fourth-order valence-electron chi connectivity index (χ4n) is 3.79. The third-order valence-electron chi connectivity index (χ3n) is 5.33. The van der Waals surface area contributed by atoms with Gasteiger partial charge in [-0.1, -0.05) is 18.2 Å². The third-order valence-corrected chi connectivity index (χ3v) is 5.33. The predicted molar refractivity (Wildman–Crippen MR) is 106 cm³/mol. The zero-order valence-corrected chi connectivity index (χ0v) is 15.7. The molecule has 3 aromatic rings. The van der Waals surface area contributed by atoms with Gasteiger partial charge < -0.3 is 14.6 Å². The highest BCUT2D eigenvalue weighted by molar-refractivity contribution is 5.78. The fourth-order valence-corrected chi connectivity index (χ4v) is 3.79. The lowest BCUT2D eigenvalue weighted by molar-refractivity contribution is -0.131. The van der Waals surface area contributed by atoms with Crippen molar-refractivity contribution in [1.29, 1.82) is 0 Å². The highest BCUT2D eigenvalue weighted by Gasteiger charge is 2.26. The topological polar surface area (TPSA) is 71.2 Å². The molecule has 1 N–H and O–H groups in total. The molecule has 3 heterocycles. The second-order valence-electron chi connectivity index (χ2n) is 7.27. The van der Waals surface area contributed by atoms with Crippen molar-refractivity contribution in [3.63, 3.8) is 0 Å². The average Bonchev–Trinajstić information content (AvgIpc) is 3.18. The molecule has 0 radical (unpaired) electrons. The molecule has 0 unspecified atom stereocenters. The maximum atomic E-state index is 12.6. The number of imidazole rings is 1. The maximum Gasteiger partial charge on any atom is 0.226 e. The number of carbonyl (C=O) groups excluding carboxylic acids is 1. The zero-order chi connectivity index (χ0) is 19.3. The van der Waals surface area contributed by atoms with Crippen molar-refractivity contribution in [2.24, 2.45) is 0 Å². The summed E-state index contributed by atoms with van der Waals surface area (Å²) < 4.78 is 2.19. The van der Waals surface area contributed by atoms with Gasteiger partial charge >= 0.3 is 0 Å². The van der Waals surface area contributed by atoms with Crippen LogP contribution in [0.5, 0.6) is 5.75 Å². The minimum absolute atomic E-state index is 0.142. The Morgan fingerprint density at radius 3 is 2.57 bits per heavy atom. The van der Waals surface area contributed by atoms with Gasteiger partial charge in [-0.05, 0) is 42.2 Å². The number of piperidine rings is 1. The minimum Gasteiger partial charge on any atom is -0.508 e. The fraction of sp³-hybridized carbons (Fsp3) is 0.318. The molecule has 0 spiro atoms. The van der Waals surface area contributed by atoms with Crippen molar-refractivity contribution < 1.29 is 9.90 Å². The van der Waals surface area contributed by atoms with Crippen molar-refractivity contribution in [1.82, 2.24) is 19.4 Å². The van der Waals surface area contributed by atoms with Gasteiger partial charge in [-0.15, -0.1) is 0 Å². The van der Waals surface area contributed by atoms with E-state index in [1.807, 2.05) is 29.6 Å². The molecule has 2 aromatic heterocycles. The second-order valence-corrected chi connectivity index (χ2v) is 7.27. The van der Waals surface area contributed by atoms with Crippen LogP contribution in [0.2, 0.25) is 0 Å². The standard InChI is InChI=1S/C22H24N4O2/c27-20-5-3-17(4-6-20)14-21(28)25-11-7-19(8-12-25)22-24-10-13-26(22)16-18-2-1-9-23-15-18/h1-6,9-10,13,15,19,27H,7-8,11-12,14,16H2. The van der Waals surface area contributed by atoms with Crippen LogP contribution in [-0.2, 0) is 17.8 Å². The lowest BCUT2D eigenvalue weighted by atomic mass is 9.95. The van der Waals surface area contributed by atoms with E-state index in [-0.39, 0.29) is 11.7 Å². The molecular weight excluding hydrogens is 352 g/mol. The number of benzene rings is 1. The Labute approximate surface area is 164 Å². The van der Waals surface area contributed by atoms with Crippen molar-refractivity contribution in [2.75, 3.05) is 13.1 Å². The molecular formula is C22H24N4O2. The number of aromatic nitrogens is 3. The molecule has 4 rings (SSSR count). The van der Waals surface area contributed by atoms with E-state index in [9.17, 15) is 9.90 Å². The van der Waals surface area contributed by atoms with Crippen LogP contribution >= 0.6 is 0 Å². The van der Waals surface area contributed by atoms with E-state index < -0.39 is 0 Å². The SMILES string of the molecule is O=C(Cc1ccc(O)cc1)N1CCC(c2nccn2Cc2cccnc2)CC1. The molecule has 0 bridgehead atoms. The first kappa shape index (κ1) is 18.2. The van der Waals surface area contributed by atoms with Crippen LogP contribution in [-0.4, -0.2) is 43.5 Å². The first-order chi connectivity index (χ1) is 13.7. The largest absolute Gasteiger partial charge is 0.508 e. The van der Waals surface area contributed by atoms with E-state index in [0.29, 0.717) is 12.3 Å². The van der Waals surface area contributed by atoms with E-state index in [1.165, 1.54) is 0 Å². The van der Waals surface area contributed by atoms with E-state index in [1.54, 1.807) is 30.5 Å². The van der Waals surface area contributed by atoms with Crippen molar-refractivity contribution in [3.8, 4) is 5.75 Å². The molecule has 28 heavy (non-hydrogen) atoms. The maximum absolute atomic E-state index is 12.6. The number of rotatable bonds is 5. The first-order valence-corrected chi connectivity index (χ1v) is 9.64. The number of phenols is 1. The average molecular weight is 376 g/mol. The number of hydrogen-bond donors (Lipinski definition) is 1. The third kappa shape index (κ3) is 4.22. The van der Waals surface area contributed by atoms with E-state index in [0.717, 1.165) is 49.4 Å². The van der Waals surface area contributed by atoms with Crippen LogP contribution in [0.1, 0.15) is 35.7 Å². The highest BCUT2D eigenvalue weighted by atomic mass is 16.3. The van der Waals surface area contributed by atoms with Crippen molar-refractivity contribution in [2.45, 2.75) is 31.7 Å². The molecule has 0 saturated carbocycles. The molecule has 1 amide bonds. The van der Waals surface area contributed by atoms with Gasteiger partial charge in [-0.2, -0.15) is 0 Å². The van der Waals surface area contributed by atoms with E-state index in [4.69, 9.17) is 0 Å². The van der Waals surface area contributed by atoms with Gasteiger partial charge in [0.05, 0.1) is 13.0 Å². The number of aromatic hydroxyl groups is 1. The molecule has 1 aliphatic heterocycles.